The van der Waals surface area contributed by atoms with E-state index in [9.17, 15) is 18.0 Å². The Hall–Kier alpha value is -2.26. The first-order valence-electron chi connectivity index (χ1n) is 7.88. The number of aryl methyl sites for hydroxylation is 1. The zero-order chi connectivity index (χ0) is 19.2. The zero-order valence-electron chi connectivity index (χ0n) is 14.4. The van der Waals surface area contributed by atoms with Crippen LogP contribution in [0.25, 0.3) is 0 Å². The molecule has 0 N–H and O–H groups in total. The summed E-state index contributed by atoms with van der Waals surface area (Å²) in [6.45, 7) is 3.68. The second-order valence-electron chi connectivity index (χ2n) is 5.41. The largest absolute Gasteiger partial charge is 0.461 e. The summed E-state index contributed by atoms with van der Waals surface area (Å²) in [5.41, 5.74) is 1.36. The average Bonchev–Trinajstić information content (AvgIpc) is 3.08. The van der Waals surface area contributed by atoms with Crippen LogP contribution in [0.15, 0.2) is 34.5 Å². The van der Waals surface area contributed by atoms with Gasteiger partial charge in [-0.25, -0.2) is 18.2 Å². The monoisotopic (exact) mass is 397 g/mol. The normalized spacial score (nSPS) is 11.2. The molecule has 2 aromatic rings. The van der Waals surface area contributed by atoms with Crippen molar-refractivity contribution in [2.24, 2.45) is 0 Å². The third-order valence-corrected chi connectivity index (χ3v) is 5.94. The summed E-state index contributed by atoms with van der Waals surface area (Å²) >= 11 is 1.09. The van der Waals surface area contributed by atoms with Crippen molar-refractivity contribution in [1.82, 2.24) is 4.98 Å². The number of carbonyl (C=O) groups excluding carboxylic acids is 2. The van der Waals surface area contributed by atoms with Crippen LogP contribution in [-0.4, -0.2) is 37.7 Å². The summed E-state index contributed by atoms with van der Waals surface area (Å²) in [5.74, 6) is -1.51. The summed E-state index contributed by atoms with van der Waals surface area (Å²) in [5, 5.41) is 1.77. The molecule has 0 saturated heterocycles. The third-order valence-electron chi connectivity index (χ3n) is 3.34. The van der Waals surface area contributed by atoms with Crippen LogP contribution in [0.2, 0.25) is 0 Å². The molecule has 0 atom stereocenters. The van der Waals surface area contributed by atoms with Gasteiger partial charge < -0.3 is 9.47 Å². The first kappa shape index (κ1) is 20.1. The van der Waals surface area contributed by atoms with Crippen LogP contribution in [0, 0.1) is 6.92 Å². The number of sulfone groups is 1. The van der Waals surface area contributed by atoms with Gasteiger partial charge in [0.05, 0.1) is 29.4 Å². The number of hydrogen-bond acceptors (Lipinski definition) is 8. The van der Waals surface area contributed by atoms with Crippen molar-refractivity contribution in [2.45, 2.75) is 31.8 Å². The highest BCUT2D eigenvalue weighted by molar-refractivity contribution is 7.91. The van der Waals surface area contributed by atoms with Gasteiger partial charge in [0, 0.05) is 5.38 Å². The van der Waals surface area contributed by atoms with Crippen molar-refractivity contribution in [3.8, 4) is 0 Å². The van der Waals surface area contributed by atoms with E-state index in [1.165, 1.54) is 12.1 Å². The van der Waals surface area contributed by atoms with Crippen LogP contribution in [-0.2, 0) is 30.7 Å². The highest BCUT2D eigenvalue weighted by atomic mass is 32.2. The van der Waals surface area contributed by atoms with Gasteiger partial charge in [-0.05, 0) is 26.0 Å². The lowest BCUT2D eigenvalue weighted by molar-refractivity contribution is -0.144. The van der Waals surface area contributed by atoms with Gasteiger partial charge in [-0.15, -0.1) is 11.3 Å². The van der Waals surface area contributed by atoms with Gasteiger partial charge in [0.1, 0.15) is 6.61 Å². The Labute approximate surface area is 155 Å². The van der Waals surface area contributed by atoms with E-state index in [-0.39, 0.29) is 35.3 Å². The Morgan fingerprint density at radius 3 is 2.50 bits per heavy atom. The minimum atomic E-state index is -3.54. The van der Waals surface area contributed by atoms with Crippen molar-refractivity contribution >= 4 is 33.1 Å². The molecule has 7 nitrogen and oxygen atoms in total. The third kappa shape index (κ3) is 5.63. The highest BCUT2D eigenvalue weighted by Gasteiger charge is 2.18. The lowest BCUT2D eigenvalue weighted by atomic mass is 10.2. The summed E-state index contributed by atoms with van der Waals surface area (Å²) < 4.78 is 34.2. The molecule has 1 aromatic carbocycles. The van der Waals surface area contributed by atoms with Gasteiger partial charge in [-0.2, -0.15) is 0 Å². The fourth-order valence-corrected chi connectivity index (χ4v) is 3.88. The topological polar surface area (TPSA) is 99.6 Å². The highest BCUT2D eigenvalue weighted by Crippen LogP contribution is 2.15. The molecule has 0 aliphatic heterocycles. The number of nitrogens with zero attached hydrogens (tertiary/aromatic N) is 1. The standard InChI is InChI=1S/C17H19NO6S2/c1-3-23-17(20)16-18-13(11-25-16)10-24-15(19)8-9-26(21,22)14-6-4-12(2)5-7-14/h4-7,11H,3,8-10H2,1-2H3. The Morgan fingerprint density at radius 1 is 1.15 bits per heavy atom. The fraction of sp³-hybridized carbons (Fsp3) is 0.353. The van der Waals surface area contributed by atoms with Crippen molar-refractivity contribution in [1.29, 1.82) is 0 Å². The van der Waals surface area contributed by atoms with Crippen LogP contribution in [0.4, 0.5) is 0 Å². The van der Waals surface area contributed by atoms with Gasteiger partial charge in [-0.1, -0.05) is 17.7 Å². The molecule has 1 heterocycles. The number of thiazole rings is 1. The number of benzene rings is 1. The quantitative estimate of drug-likeness (QED) is 0.631. The molecular weight excluding hydrogens is 378 g/mol. The molecule has 0 spiro atoms. The van der Waals surface area contributed by atoms with Crippen molar-refractivity contribution in [3.63, 3.8) is 0 Å². The van der Waals surface area contributed by atoms with Crippen LogP contribution in [0.3, 0.4) is 0 Å². The van der Waals surface area contributed by atoms with E-state index in [2.05, 4.69) is 4.98 Å². The van der Waals surface area contributed by atoms with Crippen molar-refractivity contribution < 1.29 is 27.5 Å². The summed E-state index contributed by atoms with van der Waals surface area (Å²) in [6.07, 6.45) is -0.259. The minimum Gasteiger partial charge on any atom is -0.461 e. The summed E-state index contributed by atoms with van der Waals surface area (Å²) in [6, 6.07) is 6.44. The Morgan fingerprint density at radius 2 is 1.85 bits per heavy atom. The van der Waals surface area contributed by atoms with Gasteiger partial charge in [0.15, 0.2) is 9.84 Å². The molecule has 0 amide bonds. The predicted octanol–water partition coefficient (Wildman–Crippen LogP) is 2.54. The Kier molecular flexibility index (Phi) is 6.87. The van der Waals surface area contributed by atoms with E-state index in [0.717, 1.165) is 16.9 Å². The van der Waals surface area contributed by atoms with Gasteiger partial charge in [0.2, 0.25) is 5.01 Å². The molecule has 140 valence electrons. The smallest absolute Gasteiger partial charge is 0.367 e. The van der Waals surface area contributed by atoms with E-state index in [1.54, 1.807) is 24.4 Å². The fourth-order valence-electron chi connectivity index (χ4n) is 1.97. The van der Waals surface area contributed by atoms with Gasteiger partial charge in [0.25, 0.3) is 0 Å². The Bertz CT molecular complexity index is 871. The van der Waals surface area contributed by atoms with Crippen LogP contribution in [0.1, 0.15) is 34.4 Å². The van der Waals surface area contributed by atoms with E-state index in [4.69, 9.17) is 9.47 Å². The zero-order valence-corrected chi connectivity index (χ0v) is 16.1. The molecule has 0 saturated carbocycles. The minimum absolute atomic E-state index is 0.126. The number of esters is 2. The molecule has 0 unspecified atom stereocenters. The van der Waals surface area contributed by atoms with E-state index >= 15 is 0 Å². The van der Waals surface area contributed by atoms with Gasteiger partial charge >= 0.3 is 11.9 Å². The van der Waals surface area contributed by atoms with Crippen LogP contribution in [0.5, 0.6) is 0 Å². The van der Waals surface area contributed by atoms with Crippen molar-refractivity contribution in [2.75, 3.05) is 12.4 Å². The number of rotatable bonds is 8. The maximum absolute atomic E-state index is 12.2. The molecule has 2 rings (SSSR count). The predicted molar refractivity (Wildman–Crippen MR) is 95.7 cm³/mol. The molecule has 0 aliphatic rings. The SMILES string of the molecule is CCOC(=O)c1nc(COC(=O)CCS(=O)(=O)c2ccc(C)cc2)cs1. The lowest BCUT2D eigenvalue weighted by Crippen LogP contribution is -2.13. The molecule has 0 aliphatic carbocycles. The second-order valence-corrected chi connectivity index (χ2v) is 8.37. The van der Waals surface area contributed by atoms with Gasteiger partial charge in [-0.3, -0.25) is 4.79 Å². The number of hydrogen-bond donors (Lipinski definition) is 0. The summed E-state index contributed by atoms with van der Waals surface area (Å²) in [4.78, 5) is 27.5. The molecule has 1 aromatic heterocycles. The first-order valence-corrected chi connectivity index (χ1v) is 10.4. The van der Waals surface area contributed by atoms with Crippen LogP contribution >= 0.6 is 11.3 Å². The number of ether oxygens (including phenoxy) is 2. The van der Waals surface area contributed by atoms with E-state index in [1.807, 2.05) is 6.92 Å². The molecule has 9 heteroatoms. The Balaban J connectivity index is 1.83. The second kappa shape index (κ2) is 8.91. The van der Waals surface area contributed by atoms with E-state index in [0.29, 0.717) is 5.69 Å². The summed E-state index contributed by atoms with van der Waals surface area (Å²) in [7, 11) is -3.54. The maximum Gasteiger partial charge on any atom is 0.367 e. The number of carbonyl (C=O) groups is 2. The molecule has 0 fully saturated rings. The molecule has 0 bridgehead atoms. The molecular formula is C17H19NO6S2. The lowest BCUT2D eigenvalue weighted by Gasteiger charge is -2.05. The molecule has 26 heavy (non-hydrogen) atoms. The average molecular weight is 397 g/mol. The van der Waals surface area contributed by atoms with Crippen molar-refractivity contribution in [3.05, 3.63) is 45.9 Å². The molecule has 0 radical (unpaired) electrons. The first-order chi connectivity index (χ1) is 12.3. The van der Waals surface area contributed by atoms with E-state index < -0.39 is 21.8 Å². The number of aromatic nitrogens is 1. The van der Waals surface area contributed by atoms with Crippen LogP contribution < -0.4 is 0 Å². The maximum atomic E-state index is 12.2.